The Hall–Kier alpha value is -2.12. The largest absolute Gasteiger partial charge is 0.356 e. The summed E-state index contributed by atoms with van der Waals surface area (Å²) in [4.78, 5) is 26.8. The molecule has 1 fully saturated rings. The molecule has 5 nitrogen and oxygen atoms in total. The number of hydrogen-bond acceptors (Lipinski definition) is 4. The Morgan fingerprint density at radius 2 is 1.86 bits per heavy atom. The Morgan fingerprint density at radius 1 is 1.14 bits per heavy atom. The first-order valence-electron chi connectivity index (χ1n) is 9.90. The lowest BCUT2D eigenvalue weighted by Gasteiger charge is -2.43. The van der Waals surface area contributed by atoms with Gasteiger partial charge in [0.25, 0.3) is 5.56 Å². The van der Waals surface area contributed by atoms with E-state index in [1.165, 1.54) is 11.8 Å². The predicted molar refractivity (Wildman–Crippen MR) is 123 cm³/mol. The Bertz CT molecular complexity index is 997. The average molecular weight is 428 g/mol. The van der Waals surface area contributed by atoms with Gasteiger partial charge in [-0.15, -0.1) is 0 Å². The molecule has 1 N–H and O–H groups in total. The zero-order valence-corrected chi connectivity index (χ0v) is 18.3. The second-order valence-electron chi connectivity index (χ2n) is 7.97. The minimum atomic E-state index is -0.0381. The van der Waals surface area contributed by atoms with E-state index >= 15 is 0 Å². The van der Waals surface area contributed by atoms with Crippen LogP contribution in [0.1, 0.15) is 29.2 Å². The quantitative estimate of drug-likeness (QED) is 0.760. The SMILES string of the molecule is Cc1cccc(C)c1NC(=O)CSC(=S)N1C[C@H]2C[C@@H](C1)c1cccc(=O)n1C2. The van der Waals surface area contributed by atoms with Crippen LogP contribution in [0.4, 0.5) is 5.69 Å². The highest BCUT2D eigenvalue weighted by atomic mass is 32.2. The van der Waals surface area contributed by atoms with E-state index in [0.717, 1.165) is 52.9 Å². The summed E-state index contributed by atoms with van der Waals surface area (Å²) >= 11 is 7.07. The molecule has 1 amide bonds. The lowest BCUT2D eigenvalue weighted by atomic mass is 9.83. The van der Waals surface area contributed by atoms with Crippen LogP contribution in [0.15, 0.2) is 41.2 Å². The van der Waals surface area contributed by atoms with E-state index in [1.807, 2.05) is 42.7 Å². The van der Waals surface area contributed by atoms with E-state index in [2.05, 4.69) is 16.3 Å². The van der Waals surface area contributed by atoms with Gasteiger partial charge in [-0.3, -0.25) is 9.59 Å². The maximum atomic E-state index is 12.5. The molecular weight excluding hydrogens is 402 g/mol. The zero-order valence-electron chi connectivity index (χ0n) is 16.7. The summed E-state index contributed by atoms with van der Waals surface area (Å²) in [6.45, 7) is 6.40. The number of carbonyl (C=O) groups excluding carboxylic acids is 1. The number of aromatic nitrogens is 1. The number of amides is 1. The summed E-state index contributed by atoms with van der Waals surface area (Å²) in [6.07, 6.45) is 1.10. The number of benzene rings is 1. The highest BCUT2D eigenvalue weighted by Gasteiger charge is 2.35. The standard InChI is InChI=1S/C22H25N3O2S2/c1-14-5-3-6-15(2)21(14)23-19(26)13-29-22(28)24-10-16-9-17(12-24)18-7-4-8-20(27)25(18)11-16/h3-8,16-17H,9-13H2,1-2H3,(H,23,26)/t16-,17+/m1/s1. The fourth-order valence-electron chi connectivity index (χ4n) is 4.45. The van der Waals surface area contributed by atoms with Crippen molar-refractivity contribution in [3.05, 3.63) is 63.6 Å². The third-order valence-corrected chi connectivity index (χ3v) is 7.33. The number of anilines is 1. The molecule has 2 aliphatic rings. The number of aryl methyl sites for hydroxylation is 2. The van der Waals surface area contributed by atoms with Crippen molar-refractivity contribution < 1.29 is 4.79 Å². The van der Waals surface area contributed by atoms with E-state index in [4.69, 9.17) is 12.2 Å². The van der Waals surface area contributed by atoms with Crippen LogP contribution < -0.4 is 10.9 Å². The fourth-order valence-corrected chi connectivity index (χ4v) is 5.44. The molecule has 7 heteroatoms. The van der Waals surface area contributed by atoms with E-state index in [1.54, 1.807) is 6.07 Å². The molecule has 0 spiro atoms. The molecular formula is C22H25N3O2S2. The van der Waals surface area contributed by atoms with Crippen molar-refractivity contribution in [2.75, 3.05) is 24.2 Å². The number of rotatable bonds is 3. The summed E-state index contributed by atoms with van der Waals surface area (Å²) < 4.78 is 2.69. The molecule has 1 saturated heterocycles. The van der Waals surface area contributed by atoms with Crippen LogP contribution in [-0.4, -0.2) is 38.5 Å². The summed E-state index contributed by atoms with van der Waals surface area (Å²) in [5, 5.41) is 3.02. The smallest absolute Gasteiger partial charge is 0.250 e. The van der Waals surface area contributed by atoms with Crippen LogP contribution in [0.3, 0.4) is 0 Å². The van der Waals surface area contributed by atoms with Gasteiger partial charge in [-0.2, -0.15) is 0 Å². The molecule has 3 heterocycles. The average Bonchev–Trinajstić information content (AvgIpc) is 2.70. The van der Waals surface area contributed by atoms with Crippen LogP contribution >= 0.6 is 24.0 Å². The Balaban J connectivity index is 1.36. The van der Waals surface area contributed by atoms with Gasteiger partial charge in [0.05, 0.1) is 5.75 Å². The first-order chi connectivity index (χ1) is 13.9. The summed E-state index contributed by atoms with van der Waals surface area (Å²) in [5.41, 5.74) is 4.20. The number of likely N-dealkylation sites (tertiary alicyclic amines) is 1. The molecule has 0 radical (unpaired) electrons. The van der Waals surface area contributed by atoms with Gasteiger partial charge in [0.15, 0.2) is 0 Å². The Labute approximate surface area is 180 Å². The first-order valence-corrected chi connectivity index (χ1v) is 11.3. The number of piperidine rings is 1. The van der Waals surface area contributed by atoms with Crippen molar-refractivity contribution in [2.45, 2.75) is 32.7 Å². The highest BCUT2D eigenvalue weighted by molar-refractivity contribution is 8.23. The lowest BCUT2D eigenvalue weighted by Crippen LogP contribution is -2.48. The van der Waals surface area contributed by atoms with Crippen LogP contribution in [0.5, 0.6) is 0 Å². The minimum absolute atomic E-state index is 0.0381. The third-order valence-electron chi connectivity index (χ3n) is 5.81. The van der Waals surface area contributed by atoms with Gasteiger partial charge in [0.2, 0.25) is 5.91 Å². The number of thiocarbonyl (C=S) groups is 1. The molecule has 2 aromatic rings. The van der Waals surface area contributed by atoms with Crippen LogP contribution in [-0.2, 0) is 11.3 Å². The molecule has 29 heavy (non-hydrogen) atoms. The van der Waals surface area contributed by atoms with Crippen LogP contribution in [0.2, 0.25) is 0 Å². The minimum Gasteiger partial charge on any atom is -0.356 e. The van der Waals surface area contributed by atoms with Crippen LogP contribution in [0.25, 0.3) is 0 Å². The molecule has 2 aliphatic heterocycles. The molecule has 2 atom stereocenters. The fraction of sp³-hybridized carbons (Fsp3) is 0.409. The molecule has 152 valence electrons. The highest BCUT2D eigenvalue weighted by Crippen LogP contribution is 2.36. The number of carbonyl (C=O) groups is 1. The maximum Gasteiger partial charge on any atom is 0.250 e. The number of nitrogens with zero attached hydrogens (tertiary/aromatic N) is 2. The molecule has 1 aromatic heterocycles. The second-order valence-corrected chi connectivity index (χ2v) is 9.58. The van der Waals surface area contributed by atoms with Gasteiger partial charge in [-0.1, -0.05) is 48.2 Å². The lowest BCUT2D eigenvalue weighted by molar-refractivity contribution is -0.113. The van der Waals surface area contributed by atoms with Gasteiger partial charge in [0.1, 0.15) is 4.32 Å². The van der Waals surface area contributed by atoms with Gasteiger partial charge in [-0.05, 0) is 43.4 Å². The molecule has 1 aromatic carbocycles. The molecule has 0 aliphatic carbocycles. The Morgan fingerprint density at radius 3 is 2.62 bits per heavy atom. The summed E-state index contributed by atoms with van der Waals surface area (Å²) in [5.74, 6) is 1.000. The molecule has 4 rings (SSSR count). The molecule has 0 unspecified atom stereocenters. The zero-order chi connectivity index (χ0) is 20.5. The number of hydrogen-bond donors (Lipinski definition) is 1. The number of pyridine rings is 1. The van der Waals surface area contributed by atoms with Gasteiger partial charge >= 0.3 is 0 Å². The van der Waals surface area contributed by atoms with Crippen molar-refractivity contribution in [3.8, 4) is 0 Å². The van der Waals surface area contributed by atoms with Crippen molar-refractivity contribution >= 4 is 39.9 Å². The molecule has 2 bridgehead atoms. The normalized spacial score (nSPS) is 20.1. The van der Waals surface area contributed by atoms with Crippen molar-refractivity contribution in [3.63, 3.8) is 0 Å². The van der Waals surface area contributed by atoms with E-state index in [-0.39, 0.29) is 11.5 Å². The van der Waals surface area contributed by atoms with Gasteiger partial charge in [0, 0.05) is 43.0 Å². The number of fused-ring (bicyclic) bond motifs is 4. The van der Waals surface area contributed by atoms with Crippen molar-refractivity contribution in [2.24, 2.45) is 5.92 Å². The number of para-hydroxylation sites is 1. The Kier molecular flexibility index (Phi) is 5.79. The topological polar surface area (TPSA) is 54.3 Å². The van der Waals surface area contributed by atoms with E-state index in [9.17, 15) is 9.59 Å². The second kappa shape index (κ2) is 8.32. The monoisotopic (exact) mass is 427 g/mol. The van der Waals surface area contributed by atoms with E-state index in [0.29, 0.717) is 17.6 Å². The summed E-state index contributed by atoms with van der Waals surface area (Å²) in [7, 11) is 0. The molecule has 0 saturated carbocycles. The third kappa shape index (κ3) is 4.26. The summed E-state index contributed by atoms with van der Waals surface area (Å²) in [6, 6.07) is 11.5. The van der Waals surface area contributed by atoms with Crippen molar-refractivity contribution in [1.82, 2.24) is 9.47 Å². The van der Waals surface area contributed by atoms with Gasteiger partial charge < -0.3 is 14.8 Å². The first kappa shape index (κ1) is 20.2. The number of nitrogens with one attached hydrogen (secondary N) is 1. The van der Waals surface area contributed by atoms with Crippen molar-refractivity contribution in [1.29, 1.82) is 0 Å². The maximum absolute atomic E-state index is 12.5. The van der Waals surface area contributed by atoms with Crippen LogP contribution in [0, 0.1) is 19.8 Å². The number of thioether (sulfide) groups is 1. The van der Waals surface area contributed by atoms with Gasteiger partial charge in [-0.25, -0.2) is 0 Å². The van der Waals surface area contributed by atoms with E-state index < -0.39 is 0 Å². The predicted octanol–water partition coefficient (Wildman–Crippen LogP) is 3.54.